The van der Waals surface area contributed by atoms with Gasteiger partial charge in [0.1, 0.15) is 12.1 Å². The first-order chi connectivity index (χ1) is 8.52. The van der Waals surface area contributed by atoms with Crippen LogP contribution in [0, 0.1) is 5.92 Å². The van der Waals surface area contributed by atoms with E-state index in [0.29, 0.717) is 13.0 Å². The Labute approximate surface area is 109 Å². The van der Waals surface area contributed by atoms with Crippen LogP contribution in [0.25, 0.3) is 0 Å². The highest BCUT2D eigenvalue weighted by atomic mass is 32.1. The lowest BCUT2D eigenvalue weighted by atomic mass is 10.0. The Hall–Kier alpha value is -1.40. The highest BCUT2D eigenvalue weighted by Crippen LogP contribution is 2.28. The van der Waals surface area contributed by atoms with Gasteiger partial charge in [-0.1, -0.05) is 13.0 Å². The fraction of sp³-hybridized carbons (Fsp3) is 0.500. The van der Waals surface area contributed by atoms with Crippen molar-refractivity contribution in [2.45, 2.75) is 25.4 Å². The van der Waals surface area contributed by atoms with Crippen molar-refractivity contribution in [1.29, 1.82) is 0 Å². The molecule has 6 heteroatoms. The fourth-order valence-electron chi connectivity index (χ4n) is 2.34. The number of carboxylic acids is 1. The van der Waals surface area contributed by atoms with Crippen molar-refractivity contribution < 1.29 is 14.7 Å². The van der Waals surface area contributed by atoms with Gasteiger partial charge in [0, 0.05) is 11.4 Å². The largest absolute Gasteiger partial charge is 0.480 e. The molecule has 3 atom stereocenters. The van der Waals surface area contributed by atoms with Crippen molar-refractivity contribution >= 4 is 23.2 Å². The van der Waals surface area contributed by atoms with Gasteiger partial charge in [0.05, 0.1) is 0 Å². The summed E-state index contributed by atoms with van der Waals surface area (Å²) in [5.41, 5.74) is 5.90. The predicted octanol–water partition coefficient (Wildman–Crippen LogP) is 1.07. The highest BCUT2D eigenvalue weighted by Gasteiger charge is 2.41. The van der Waals surface area contributed by atoms with Crippen LogP contribution in [0.2, 0.25) is 0 Å². The van der Waals surface area contributed by atoms with Crippen LogP contribution in [0.5, 0.6) is 0 Å². The number of rotatable bonds is 3. The molecular weight excluding hydrogens is 252 g/mol. The number of aliphatic carboxylic acids is 1. The van der Waals surface area contributed by atoms with Gasteiger partial charge in [0.15, 0.2) is 0 Å². The maximum atomic E-state index is 12.2. The smallest absolute Gasteiger partial charge is 0.326 e. The summed E-state index contributed by atoms with van der Waals surface area (Å²) < 4.78 is 0. The van der Waals surface area contributed by atoms with Gasteiger partial charge in [0.2, 0.25) is 5.91 Å². The van der Waals surface area contributed by atoms with E-state index in [2.05, 4.69) is 0 Å². The van der Waals surface area contributed by atoms with Crippen LogP contribution in [-0.2, 0) is 9.59 Å². The first kappa shape index (κ1) is 13.0. The molecule has 0 aliphatic carbocycles. The molecule has 1 aliphatic heterocycles. The molecule has 1 aromatic heterocycles. The molecule has 0 bridgehead atoms. The SMILES string of the molecule is CC1CCN(C(=O)C(N)c2cccs2)C1C(=O)O. The number of carbonyl (C=O) groups is 2. The molecule has 0 aromatic carbocycles. The van der Waals surface area contributed by atoms with E-state index in [0.717, 1.165) is 4.88 Å². The number of amides is 1. The van der Waals surface area contributed by atoms with Crippen molar-refractivity contribution in [2.24, 2.45) is 11.7 Å². The summed E-state index contributed by atoms with van der Waals surface area (Å²) in [6.07, 6.45) is 0.708. The summed E-state index contributed by atoms with van der Waals surface area (Å²) in [6, 6.07) is 2.12. The normalized spacial score (nSPS) is 25.1. The highest BCUT2D eigenvalue weighted by molar-refractivity contribution is 7.10. The van der Waals surface area contributed by atoms with E-state index in [1.165, 1.54) is 16.2 Å². The third-order valence-electron chi connectivity index (χ3n) is 3.35. The van der Waals surface area contributed by atoms with Gasteiger partial charge in [-0.2, -0.15) is 0 Å². The van der Waals surface area contributed by atoms with Crippen LogP contribution in [0.3, 0.4) is 0 Å². The van der Waals surface area contributed by atoms with E-state index in [9.17, 15) is 14.7 Å². The van der Waals surface area contributed by atoms with Crippen molar-refractivity contribution in [3.63, 3.8) is 0 Å². The maximum absolute atomic E-state index is 12.2. The summed E-state index contributed by atoms with van der Waals surface area (Å²) in [5.74, 6) is -1.28. The zero-order chi connectivity index (χ0) is 13.3. The molecule has 0 saturated carbocycles. The molecule has 2 rings (SSSR count). The summed E-state index contributed by atoms with van der Waals surface area (Å²) in [6.45, 7) is 2.32. The number of nitrogens with two attached hydrogens (primary N) is 1. The molecule has 0 spiro atoms. The lowest BCUT2D eigenvalue weighted by molar-refractivity contribution is -0.149. The molecule has 1 aliphatic rings. The Kier molecular flexibility index (Phi) is 3.68. The van der Waals surface area contributed by atoms with Gasteiger partial charge in [0.25, 0.3) is 0 Å². The molecule has 1 saturated heterocycles. The van der Waals surface area contributed by atoms with Crippen LogP contribution in [-0.4, -0.2) is 34.5 Å². The molecule has 1 aromatic rings. The number of hydrogen-bond donors (Lipinski definition) is 2. The second-order valence-corrected chi connectivity index (χ2v) is 5.55. The third-order valence-corrected chi connectivity index (χ3v) is 4.31. The lowest BCUT2D eigenvalue weighted by Crippen LogP contribution is -2.46. The number of carboxylic acid groups (broad SMARTS) is 1. The van der Waals surface area contributed by atoms with Crippen LogP contribution in [0.1, 0.15) is 24.3 Å². The second-order valence-electron chi connectivity index (χ2n) is 4.57. The minimum Gasteiger partial charge on any atom is -0.480 e. The Morgan fingerprint density at radius 1 is 1.61 bits per heavy atom. The summed E-state index contributed by atoms with van der Waals surface area (Å²) in [4.78, 5) is 25.6. The summed E-state index contributed by atoms with van der Waals surface area (Å²) >= 11 is 1.41. The quantitative estimate of drug-likeness (QED) is 0.859. The summed E-state index contributed by atoms with van der Waals surface area (Å²) in [7, 11) is 0. The topological polar surface area (TPSA) is 83.6 Å². The molecule has 18 heavy (non-hydrogen) atoms. The van der Waals surface area contributed by atoms with Gasteiger partial charge in [-0.15, -0.1) is 11.3 Å². The number of carbonyl (C=O) groups excluding carboxylic acids is 1. The monoisotopic (exact) mass is 268 g/mol. The first-order valence-corrected chi connectivity index (χ1v) is 6.72. The van der Waals surface area contributed by atoms with Crippen molar-refractivity contribution in [1.82, 2.24) is 4.90 Å². The van der Waals surface area contributed by atoms with E-state index < -0.39 is 18.1 Å². The van der Waals surface area contributed by atoms with E-state index >= 15 is 0 Å². The molecule has 1 fully saturated rings. The zero-order valence-corrected chi connectivity index (χ0v) is 10.9. The number of hydrogen-bond acceptors (Lipinski definition) is 4. The van der Waals surface area contributed by atoms with Gasteiger partial charge in [-0.3, -0.25) is 4.79 Å². The Morgan fingerprint density at radius 2 is 2.33 bits per heavy atom. The number of nitrogens with zero attached hydrogens (tertiary/aromatic N) is 1. The zero-order valence-electron chi connectivity index (χ0n) is 10.1. The lowest BCUT2D eigenvalue weighted by Gasteiger charge is -2.25. The Morgan fingerprint density at radius 3 is 2.89 bits per heavy atom. The van der Waals surface area contributed by atoms with Crippen molar-refractivity contribution in [3.8, 4) is 0 Å². The van der Waals surface area contributed by atoms with Gasteiger partial charge in [-0.25, -0.2) is 4.79 Å². The maximum Gasteiger partial charge on any atom is 0.326 e. The van der Waals surface area contributed by atoms with Crippen LogP contribution in [0.4, 0.5) is 0 Å². The molecule has 3 unspecified atom stereocenters. The van der Waals surface area contributed by atoms with E-state index in [4.69, 9.17) is 5.73 Å². The Bertz CT molecular complexity index is 446. The van der Waals surface area contributed by atoms with Crippen LogP contribution in [0.15, 0.2) is 17.5 Å². The molecule has 1 amide bonds. The minimum absolute atomic E-state index is 0.0259. The minimum atomic E-state index is -0.952. The van der Waals surface area contributed by atoms with Crippen LogP contribution < -0.4 is 5.73 Å². The van der Waals surface area contributed by atoms with E-state index in [1.807, 2.05) is 18.4 Å². The molecular formula is C12H16N2O3S. The number of thiophene rings is 1. The average molecular weight is 268 g/mol. The predicted molar refractivity (Wildman–Crippen MR) is 68.2 cm³/mol. The average Bonchev–Trinajstić information content (AvgIpc) is 2.95. The summed E-state index contributed by atoms with van der Waals surface area (Å²) in [5, 5.41) is 11.0. The third kappa shape index (κ3) is 2.26. The molecule has 3 N–H and O–H groups in total. The molecule has 0 radical (unpaired) electrons. The standard InChI is InChI=1S/C12H16N2O3S/c1-7-4-5-14(10(7)12(16)17)11(15)9(13)8-3-2-6-18-8/h2-3,6-7,9-10H,4-5,13H2,1H3,(H,16,17). The molecule has 98 valence electrons. The molecule has 2 heterocycles. The van der Waals surface area contributed by atoms with Crippen LogP contribution >= 0.6 is 11.3 Å². The molecule has 5 nitrogen and oxygen atoms in total. The van der Waals surface area contributed by atoms with Gasteiger partial charge < -0.3 is 15.7 Å². The number of likely N-dealkylation sites (tertiary alicyclic amines) is 1. The van der Waals surface area contributed by atoms with Gasteiger partial charge in [-0.05, 0) is 23.8 Å². The van der Waals surface area contributed by atoms with E-state index in [1.54, 1.807) is 6.07 Å². The van der Waals surface area contributed by atoms with E-state index in [-0.39, 0.29) is 11.8 Å². The first-order valence-electron chi connectivity index (χ1n) is 5.84. The van der Waals surface area contributed by atoms with Crippen molar-refractivity contribution in [2.75, 3.05) is 6.54 Å². The fourth-order valence-corrected chi connectivity index (χ4v) is 3.06. The second kappa shape index (κ2) is 5.07. The Balaban J connectivity index is 2.16. The van der Waals surface area contributed by atoms with Gasteiger partial charge >= 0.3 is 5.97 Å². The van der Waals surface area contributed by atoms with Crippen molar-refractivity contribution in [3.05, 3.63) is 22.4 Å².